The first-order chi connectivity index (χ1) is 8.69. The Morgan fingerprint density at radius 1 is 1.56 bits per heavy atom. The van der Waals surface area contributed by atoms with Crippen LogP contribution in [-0.2, 0) is 4.79 Å². The van der Waals surface area contributed by atoms with E-state index in [2.05, 4.69) is 21.5 Å². The second-order valence-corrected chi connectivity index (χ2v) is 4.62. The average Bonchev–Trinajstić information content (AvgIpc) is 2.95. The highest BCUT2D eigenvalue weighted by Crippen LogP contribution is 2.27. The van der Waals surface area contributed by atoms with E-state index in [0.717, 1.165) is 5.39 Å². The normalized spacial score (nSPS) is 19.7. The van der Waals surface area contributed by atoms with Crippen LogP contribution in [0.25, 0.3) is 11.0 Å². The quantitative estimate of drug-likeness (QED) is 0.666. The highest BCUT2D eigenvalue weighted by atomic mass is 35.5. The first kappa shape index (κ1) is 11.2. The van der Waals surface area contributed by atoms with Crippen molar-refractivity contribution in [3.8, 4) is 0 Å². The number of aromatic nitrogens is 3. The summed E-state index contributed by atoms with van der Waals surface area (Å²) in [4.78, 5) is 24.9. The summed E-state index contributed by atoms with van der Waals surface area (Å²) < 4.78 is 0. The third-order valence-corrected chi connectivity index (χ3v) is 3.38. The zero-order valence-electron chi connectivity index (χ0n) is 9.56. The van der Waals surface area contributed by atoms with Crippen LogP contribution in [0.15, 0.2) is 24.9 Å². The van der Waals surface area contributed by atoms with E-state index in [1.54, 1.807) is 23.2 Å². The van der Waals surface area contributed by atoms with Gasteiger partial charge in [-0.05, 0) is 6.07 Å². The van der Waals surface area contributed by atoms with Crippen molar-refractivity contribution < 1.29 is 4.79 Å². The van der Waals surface area contributed by atoms with Gasteiger partial charge in [0.25, 0.3) is 0 Å². The van der Waals surface area contributed by atoms with Crippen LogP contribution in [0.4, 0.5) is 5.95 Å². The Hall–Kier alpha value is -1.88. The maximum absolute atomic E-state index is 11.9. The molecule has 1 aliphatic heterocycles. The highest BCUT2D eigenvalue weighted by molar-refractivity contribution is 6.34. The fourth-order valence-electron chi connectivity index (χ4n) is 2.10. The highest BCUT2D eigenvalue weighted by Gasteiger charge is 2.31. The predicted octanol–water partition coefficient (Wildman–Crippen LogP) is 2.15. The molecular formula is C12H11ClN4O. The van der Waals surface area contributed by atoms with E-state index in [4.69, 9.17) is 11.6 Å². The van der Waals surface area contributed by atoms with E-state index in [0.29, 0.717) is 29.7 Å². The Morgan fingerprint density at radius 3 is 3.11 bits per heavy atom. The number of halogens is 1. The van der Waals surface area contributed by atoms with Gasteiger partial charge in [0.15, 0.2) is 0 Å². The Morgan fingerprint density at radius 2 is 2.39 bits per heavy atom. The summed E-state index contributed by atoms with van der Waals surface area (Å²) in [5, 5.41) is 1.11. The summed E-state index contributed by atoms with van der Waals surface area (Å²) in [6, 6.07) is 1.81. The van der Waals surface area contributed by atoms with Crippen LogP contribution < -0.4 is 4.90 Å². The van der Waals surface area contributed by atoms with Crippen molar-refractivity contribution in [3.63, 3.8) is 0 Å². The molecule has 0 aromatic carbocycles. The van der Waals surface area contributed by atoms with E-state index in [-0.39, 0.29) is 11.8 Å². The van der Waals surface area contributed by atoms with Gasteiger partial charge in [-0.25, -0.2) is 0 Å². The summed E-state index contributed by atoms with van der Waals surface area (Å²) in [6.07, 6.45) is 3.98. The largest absolute Gasteiger partial charge is 0.346 e. The average molecular weight is 263 g/mol. The Bertz CT molecular complexity index is 636. The maximum atomic E-state index is 11.9. The van der Waals surface area contributed by atoms with E-state index >= 15 is 0 Å². The van der Waals surface area contributed by atoms with Crippen LogP contribution >= 0.6 is 11.6 Å². The Kier molecular flexibility index (Phi) is 2.56. The van der Waals surface area contributed by atoms with Crippen molar-refractivity contribution in [1.29, 1.82) is 0 Å². The molecule has 3 rings (SSSR count). The lowest BCUT2D eigenvalue weighted by Crippen LogP contribution is -2.26. The van der Waals surface area contributed by atoms with Crippen LogP contribution in [0.1, 0.15) is 6.42 Å². The van der Waals surface area contributed by atoms with Gasteiger partial charge < -0.3 is 4.98 Å². The van der Waals surface area contributed by atoms with Crippen LogP contribution in [-0.4, -0.2) is 27.4 Å². The minimum atomic E-state index is 0.00173. The maximum Gasteiger partial charge on any atom is 0.235 e. The molecule has 1 amide bonds. The number of rotatable bonds is 2. The van der Waals surface area contributed by atoms with Gasteiger partial charge in [-0.2, -0.15) is 9.97 Å². The zero-order chi connectivity index (χ0) is 12.7. The number of H-pyrrole nitrogens is 1. The number of hydrogen-bond donors (Lipinski definition) is 1. The van der Waals surface area contributed by atoms with Gasteiger partial charge in [0, 0.05) is 25.1 Å². The molecule has 0 radical (unpaired) electrons. The first-order valence-electron chi connectivity index (χ1n) is 5.62. The molecule has 2 aromatic rings. The third-order valence-electron chi connectivity index (χ3n) is 3.09. The van der Waals surface area contributed by atoms with Gasteiger partial charge in [-0.15, -0.1) is 6.58 Å². The lowest BCUT2D eigenvalue weighted by Gasteiger charge is -2.13. The summed E-state index contributed by atoms with van der Waals surface area (Å²) in [5.41, 5.74) is 0.639. The smallest absolute Gasteiger partial charge is 0.235 e. The van der Waals surface area contributed by atoms with Gasteiger partial charge in [0.1, 0.15) is 10.8 Å². The molecule has 3 heterocycles. The molecule has 0 aliphatic carbocycles. The summed E-state index contributed by atoms with van der Waals surface area (Å²) in [7, 11) is 0. The van der Waals surface area contributed by atoms with Crippen molar-refractivity contribution >= 4 is 34.5 Å². The van der Waals surface area contributed by atoms with Gasteiger partial charge in [-0.3, -0.25) is 9.69 Å². The van der Waals surface area contributed by atoms with Crippen molar-refractivity contribution in [3.05, 3.63) is 30.1 Å². The van der Waals surface area contributed by atoms with Crippen molar-refractivity contribution in [2.45, 2.75) is 6.42 Å². The molecule has 6 heteroatoms. The predicted molar refractivity (Wildman–Crippen MR) is 69.6 cm³/mol. The number of carbonyl (C=O) groups excluding carboxylic acids is 1. The second kappa shape index (κ2) is 4.10. The number of nitrogens with one attached hydrogen (secondary N) is 1. The molecule has 18 heavy (non-hydrogen) atoms. The van der Waals surface area contributed by atoms with Gasteiger partial charge in [0.2, 0.25) is 11.9 Å². The number of anilines is 1. The van der Waals surface area contributed by atoms with Crippen molar-refractivity contribution in [1.82, 2.24) is 15.0 Å². The summed E-state index contributed by atoms with van der Waals surface area (Å²) in [5.74, 6) is 0.505. The Balaban J connectivity index is 2.04. The zero-order valence-corrected chi connectivity index (χ0v) is 10.3. The summed E-state index contributed by atoms with van der Waals surface area (Å²) in [6.45, 7) is 4.27. The molecule has 5 nitrogen and oxygen atoms in total. The number of aromatic amines is 1. The Labute approximate surface area is 108 Å². The second-order valence-electron chi connectivity index (χ2n) is 4.26. The molecule has 2 aromatic heterocycles. The minimum Gasteiger partial charge on any atom is -0.346 e. The fraction of sp³-hybridized carbons (Fsp3) is 0.250. The van der Waals surface area contributed by atoms with E-state index in [1.807, 2.05) is 0 Å². The topological polar surface area (TPSA) is 61.9 Å². The molecule has 92 valence electrons. The molecule has 1 saturated heterocycles. The molecule has 1 aliphatic rings. The van der Waals surface area contributed by atoms with Crippen molar-refractivity contribution in [2.24, 2.45) is 5.92 Å². The molecule has 1 fully saturated rings. The number of carbonyl (C=O) groups is 1. The molecular weight excluding hydrogens is 252 g/mol. The monoisotopic (exact) mass is 262 g/mol. The van der Waals surface area contributed by atoms with E-state index in [1.165, 1.54) is 0 Å². The molecule has 1 unspecified atom stereocenters. The molecule has 0 bridgehead atoms. The lowest BCUT2D eigenvalue weighted by atomic mass is 10.1. The van der Waals surface area contributed by atoms with Gasteiger partial charge in [-0.1, -0.05) is 17.7 Å². The number of fused-ring (bicyclic) bond motifs is 1. The van der Waals surface area contributed by atoms with E-state index < -0.39 is 0 Å². The number of hydrogen-bond acceptors (Lipinski definition) is 3. The van der Waals surface area contributed by atoms with Crippen LogP contribution in [0, 0.1) is 5.92 Å². The fourth-order valence-corrected chi connectivity index (χ4v) is 2.33. The van der Waals surface area contributed by atoms with Crippen LogP contribution in [0.2, 0.25) is 5.15 Å². The lowest BCUT2D eigenvalue weighted by molar-refractivity contribution is -0.117. The number of nitrogens with zero attached hydrogens (tertiary/aromatic N) is 3. The summed E-state index contributed by atoms with van der Waals surface area (Å²) >= 11 is 6.07. The van der Waals surface area contributed by atoms with Gasteiger partial charge >= 0.3 is 0 Å². The molecule has 1 N–H and O–H groups in total. The minimum absolute atomic E-state index is 0.00173. The molecule has 0 spiro atoms. The van der Waals surface area contributed by atoms with Crippen LogP contribution in [0.5, 0.6) is 0 Å². The third kappa shape index (κ3) is 1.67. The number of amides is 1. The van der Waals surface area contributed by atoms with E-state index in [9.17, 15) is 4.79 Å². The van der Waals surface area contributed by atoms with Crippen LogP contribution in [0.3, 0.4) is 0 Å². The molecule has 0 saturated carbocycles. The first-order valence-corrected chi connectivity index (χ1v) is 6.00. The molecule has 1 atom stereocenters. The van der Waals surface area contributed by atoms with Gasteiger partial charge in [0.05, 0.1) is 5.39 Å². The van der Waals surface area contributed by atoms with Crippen molar-refractivity contribution in [2.75, 3.05) is 11.4 Å². The SMILES string of the molecule is C=CC1CC(=O)N(c2nc(Cl)c3cc[nH]c3n2)C1. The standard InChI is InChI=1S/C12H11ClN4O/c1-2-7-5-9(18)17(6-7)12-15-10(13)8-3-4-14-11(8)16-12/h2-4,7H,1,5-6H2,(H,14,15,16).